The SMILES string of the molecule is Cc1cc2ccc(C3(N)CCCCC3)cc2cn1. The van der Waals surface area contributed by atoms with E-state index in [4.69, 9.17) is 5.73 Å². The van der Waals surface area contributed by atoms with Crippen molar-refractivity contribution in [1.29, 1.82) is 0 Å². The Morgan fingerprint density at radius 1 is 1.06 bits per heavy atom. The summed E-state index contributed by atoms with van der Waals surface area (Å²) in [6, 6.07) is 8.74. The van der Waals surface area contributed by atoms with Crippen molar-refractivity contribution >= 4 is 10.8 Å². The van der Waals surface area contributed by atoms with Crippen molar-refractivity contribution in [3.63, 3.8) is 0 Å². The van der Waals surface area contributed by atoms with Gasteiger partial charge in [0.25, 0.3) is 0 Å². The van der Waals surface area contributed by atoms with Gasteiger partial charge in [-0.05, 0) is 42.8 Å². The summed E-state index contributed by atoms with van der Waals surface area (Å²) in [6.07, 6.45) is 8.00. The van der Waals surface area contributed by atoms with E-state index in [-0.39, 0.29) is 5.54 Å². The molecule has 1 aromatic heterocycles. The van der Waals surface area contributed by atoms with Crippen molar-refractivity contribution in [2.45, 2.75) is 44.6 Å². The lowest BCUT2D eigenvalue weighted by Crippen LogP contribution is -2.38. The zero-order valence-corrected chi connectivity index (χ0v) is 10.9. The molecule has 1 heterocycles. The number of pyridine rings is 1. The lowest BCUT2D eigenvalue weighted by Gasteiger charge is -2.34. The van der Waals surface area contributed by atoms with E-state index in [0.717, 1.165) is 18.5 Å². The maximum Gasteiger partial charge on any atom is 0.0409 e. The van der Waals surface area contributed by atoms with Crippen LogP contribution < -0.4 is 5.73 Å². The number of hydrogen-bond acceptors (Lipinski definition) is 2. The number of hydrogen-bond donors (Lipinski definition) is 1. The number of aromatic nitrogens is 1. The van der Waals surface area contributed by atoms with Crippen LogP contribution in [0.1, 0.15) is 43.4 Å². The second kappa shape index (κ2) is 4.36. The fourth-order valence-electron chi connectivity index (χ4n) is 3.03. The van der Waals surface area contributed by atoms with Gasteiger partial charge in [-0.25, -0.2) is 0 Å². The number of benzene rings is 1. The Balaban J connectivity index is 2.05. The number of rotatable bonds is 1. The van der Waals surface area contributed by atoms with E-state index in [1.54, 1.807) is 0 Å². The summed E-state index contributed by atoms with van der Waals surface area (Å²) >= 11 is 0. The Bertz CT molecular complexity index is 568. The maximum absolute atomic E-state index is 6.58. The molecule has 3 rings (SSSR count). The van der Waals surface area contributed by atoms with Crippen LogP contribution in [0.15, 0.2) is 30.5 Å². The summed E-state index contributed by atoms with van der Waals surface area (Å²) < 4.78 is 0. The second-order valence-electron chi connectivity index (χ2n) is 5.60. The van der Waals surface area contributed by atoms with E-state index in [2.05, 4.69) is 29.2 Å². The lowest BCUT2D eigenvalue weighted by atomic mass is 9.77. The summed E-state index contributed by atoms with van der Waals surface area (Å²) in [7, 11) is 0. The minimum Gasteiger partial charge on any atom is -0.321 e. The molecule has 0 bridgehead atoms. The van der Waals surface area contributed by atoms with Crippen LogP contribution in [0.5, 0.6) is 0 Å². The van der Waals surface area contributed by atoms with Crippen molar-refractivity contribution in [1.82, 2.24) is 4.98 Å². The van der Waals surface area contributed by atoms with Crippen molar-refractivity contribution in [3.8, 4) is 0 Å². The van der Waals surface area contributed by atoms with Gasteiger partial charge in [-0.3, -0.25) is 4.98 Å². The highest BCUT2D eigenvalue weighted by atomic mass is 14.7. The molecular weight excluding hydrogens is 220 g/mol. The first kappa shape index (κ1) is 11.7. The van der Waals surface area contributed by atoms with Crippen LogP contribution in [0.3, 0.4) is 0 Å². The second-order valence-corrected chi connectivity index (χ2v) is 5.60. The summed E-state index contributed by atoms with van der Waals surface area (Å²) in [5.74, 6) is 0. The molecule has 0 radical (unpaired) electrons. The zero-order chi connectivity index (χ0) is 12.6. The zero-order valence-electron chi connectivity index (χ0n) is 10.9. The predicted molar refractivity (Wildman–Crippen MR) is 75.4 cm³/mol. The third-order valence-corrected chi connectivity index (χ3v) is 4.18. The molecule has 2 heteroatoms. The van der Waals surface area contributed by atoms with Gasteiger partial charge >= 0.3 is 0 Å². The van der Waals surface area contributed by atoms with Gasteiger partial charge in [0, 0.05) is 22.8 Å². The molecule has 0 amide bonds. The molecule has 0 saturated heterocycles. The predicted octanol–water partition coefficient (Wildman–Crippen LogP) is 3.66. The monoisotopic (exact) mass is 240 g/mol. The third kappa shape index (κ3) is 2.01. The van der Waals surface area contributed by atoms with Crippen LogP contribution in [0.2, 0.25) is 0 Å². The number of fused-ring (bicyclic) bond motifs is 1. The molecule has 0 atom stereocenters. The average Bonchev–Trinajstić information content (AvgIpc) is 2.39. The van der Waals surface area contributed by atoms with Gasteiger partial charge in [0.1, 0.15) is 0 Å². The van der Waals surface area contributed by atoms with Crippen molar-refractivity contribution in [2.75, 3.05) is 0 Å². The van der Waals surface area contributed by atoms with Crippen LogP contribution in [0.4, 0.5) is 0 Å². The molecule has 1 aliphatic carbocycles. The third-order valence-electron chi connectivity index (χ3n) is 4.18. The van der Waals surface area contributed by atoms with Crippen LogP contribution >= 0.6 is 0 Å². The van der Waals surface area contributed by atoms with E-state index in [0.29, 0.717) is 0 Å². The number of aryl methyl sites for hydroxylation is 1. The Hall–Kier alpha value is -1.41. The first-order valence-electron chi connectivity index (χ1n) is 6.83. The Morgan fingerprint density at radius 2 is 1.83 bits per heavy atom. The van der Waals surface area contributed by atoms with E-state index in [1.807, 2.05) is 13.1 Å². The summed E-state index contributed by atoms with van der Waals surface area (Å²) in [5.41, 5.74) is 8.81. The summed E-state index contributed by atoms with van der Waals surface area (Å²) in [4.78, 5) is 4.38. The van der Waals surface area contributed by atoms with Gasteiger partial charge < -0.3 is 5.73 Å². The fourth-order valence-corrected chi connectivity index (χ4v) is 3.03. The molecule has 2 N–H and O–H groups in total. The average molecular weight is 240 g/mol. The summed E-state index contributed by atoms with van der Waals surface area (Å²) in [6.45, 7) is 2.03. The highest BCUT2D eigenvalue weighted by Crippen LogP contribution is 2.35. The van der Waals surface area contributed by atoms with Crippen LogP contribution in [-0.2, 0) is 5.54 Å². The van der Waals surface area contributed by atoms with E-state index in [9.17, 15) is 0 Å². The highest BCUT2D eigenvalue weighted by Gasteiger charge is 2.29. The molecule has 0 unspecified atom stereocenters. The number of nitrogens with two attached hydrogens (primary N) is 1. The van der Waals surface area contributed by atoms with Gasteiger partial charge in [-0.15, -0.1) is 0 Å². The molecule has 94 valence electrons. The molecule has 0 aliphatic heterocycles. The first-order chi connectivity index (χ1) is 8.67. The van der Waals surface area contributed by atoms with Gasteiger partial charge in [-0.1, -0.05) is 31.4 Å². The number of nitrogens with zero attached hydrogens (tertiary/aromatic N) is 1. The minimum absolute atomic E-state index is 0.114. The molecule has 0 spiro atoms. The molecule has 18 heavy (non-hydrogen) atoms. The van der Waals surface area contributed by atoms with Gasteiger partial charge in [0.05, 0.1) is 0 Å². The molecular formula is C16H20N2. The minimum atomic E-state index is -0.114. The van der Waals surface area contributed by atoms with E-state index < -0.39 is 0 Å². The van der Waals surface area contributed by atoms with Crippen LogP contribution in [0, 0.1) is 6.92 Å². The van der Waals surface area contributed by atoms with Crippen molar-refractivity contribution in [2.24, 2.45) is 5.73 Å². The molecule has 1 saturated carbocycles. The standard InChI is InChI=1S/C16H20N2/c1-12-9-13-5-6-15(10-14(13)11-18-12)16(17)7-3-2-4-8-16/h5-6,9-11H,2-4,7-8,17H2,1H3. The van der Waals surface area contributed by atoms with Crippen LogP contribution in [0.25, 0.3) is 10.8 Å². The lowest BCUT2D eigenvalue weighted by molar-refractivity contribution is 0.302. The molecule has 1 aliphatic rings. The molecule has 2 nitrogen and oxygen atoms in total. The largest absolute Gasteiger partial charge is 0.321 e. The van der Waals surface area contributed by atoms with Crippen molar-refractivity contribution in [3.05, 3.63) is 41.7 Å². The Morgan fingerprint density at radius 3 is 2.61 bits per heavy atom. The highest BCUT2D eigenvalue weighted by molar-refractivity contribution is 5.82. The normalized spacial score (nSPS) is 19.0. The van der Waals surface area contributed by atoms with Gasteiger partial charge in [0.15, 0.2) is 0 Å². The molecule has 2 aromatic rings. The first-order valence-corrected chi connectivity index (χ1v) is 6.83. The summed E-state index contributed by atoms with van der Waals surface area (Å²) in [5, 5.41) is 2.46. The molecule has 1 aromatic carbocycles. The Labute approximate surface area is 108 Å². The maximum atomic E-state index is 6.58. The van der Waals surface area contributed by atoms with Crippen LogP contribution in [-0.4, -0.2) is 4.98 Å². The topological polar surface area (TPSA) is 38.9 Å². The fraction of sp³-hybridized carbons (Fsp3) is 0.438. The molecule has 1 fully saturated rings. The van der Waals surface area contributed by atoms with Crippen molar-refractivity contribution < 1.29 is 0 Å². The smallest absolute Gasteiger partial charge is 0.0409 e. The van der Waals surface area contributed by atoms with E-state index >= 15 is 0 Å². The van der Waals surface area contributed by atoms with Gasteiger partial charge in [-0.2, -0.15) is 0 Å². The quantitative estimate of drug-likeness (QED) is 0.826. The van der Waals surface area contributed by atoms with E-state index in [1.165, 1.54) is 35.6 Å². The Kier molecular flexibility index (Phi) is 2.83. The van der Waals surface area contributed by atoms with Gasteiger partial charge in [0.2, 0.25) is 0 Å².